The maximum Gasteiger partial charge on any atom is 0.229 e. The van der Waals surface area contributed by atoms with Crippen molar-refractivity contribution < 1.29 is 35.0 Å². The van der Waals surface area contributed by atoms with Gasteiger partial charge in [0.15, 0.2) is 0 Å². The predicted molar refractivity (Wildman–Crippen MR) is 76.4 cm³/mol. The van der Waals surface area contributed by atoms with Crippen LogP contribution in [-0.4, -0.2) is 69.5 Å². The van der Waals surface area contributed by atoms with E-state index in [1.807, 2.05) is 13.0 Å². The van der Waals surface area contributed by atoms with Crippen LogP contribution >= 0.6 is 0 Å². The lowest BCUT2D eigenvalue weighted by Gasteiger charge is -2.39. The minimum atomic E-state index is -1.47. The molecule has 7 nitrogen and oxygen atoms in total. The van der Waals surface area contributed by atoms with Crippen molar-refractivity contribution in [1.29, 1.82) is 0 Å². The van der Waals surface area contributed by atoms with E-state index in [-0.39, 0.29) is 6.61 Å². The number of benzene rings is 1. The fourth-order valence-electron chi connectivity index (χ4n) is 2.46. The molecule has 1 saturated heterocycles. The molecule has 0 bridgehead atoms. The first-order valence-electron chi connectivity index (χ1n) is 7.15. The van der Waals surface area contributed by atoms with Crippen molar-refractivity contribution in [3.8, 4) is 5.75 Å². The normalized spacial score (nSPS) is 32.0. The van der Waals surface area contributed by atoms with Gasteiger partial charge in [-0.25, -0.2) is 0 Å². The Morgan fingerprint density at radius 2 is 1.77 bits per heavy atom. The number of hydrogen-bond acceptors (Lipinski definition) is 7. The third kappa shape index (κ3) is 3.75. The highest BCUT2D eigenvalue weighted by molar-refractivity contribution is 5.34. The van der Waals surface area contributed by atoms with Crippen molar-refractivity contribution in [2.75, 3.05) is 13.2 Å². The molecule has 0 aliphatic carbocycles. The highest BCUT2D eigenvalue weighted by Gasteiger charge is 2.44. The summed E-state index contributed by atoms with van der Waals surface area (Å²) in [4.78, 5) is 0. The Balaban J connectivity index is 2.15. The Kier molecular flexibility index (Phi) is 5.74. The van der Waals surface area contributed by atoms with Gasteiger partial charge in [-0.15, -0.1) is 0 Å². The summed E-state index contributed by atoms with van der Waals surface area (Å²) in [7, 11) is 0. The minimum Gasteiger partial charge on any atom is -0.462 e. The van der Waals surface area contributed by atoms with E-state index in [0.717, 1.165) is 11.1 Å². The molecule has 0 radical (unpaired) electrons. The van der Waals surface area contributed by atoms with Gasteiger partial charge in [0, 0.05) is 6.61 Å². The lowest BCUT2D eigenvalue weighted by atomic mass is 9.99. The molecule has 1 aliphatic heterocycles. The summed E-state index contributed by atoms with van der Waals surface area (Å²) in [6, 6.07) is 5.32. The number of hydrogen-bond donors (Lipinski definition) is 5. The van der Waals surface area contributed by atoms with Crippen LogP contribution in [0, 0.1) is 6.92 Å². The summed E-state index contributed by atoms with van der Waals surface area (Å²) in [6.45, 7) is 1.36. The smallest absolute Gasteiger partial charge is 0.229 e. The largest absolute Gasteiger partial charge is 0.462 e. The van der Waals surface area contributed by atoms with Gasteiger partial charge in [0.05, 0.1) is 6.61 Å². The van der Waals surface area contributed by atoms with Gasteiger partial charge in [0.1, 0.15) is 30.2 Å². The minimum absolute atomic E-state index is 0.00292. The van der Waals surface area contributed by atoms with Crippen molar-refractivity contribution >= 4 is 0 Å². The zero-order valence-corrected chi connectivity index (χ0v) is 12.3. The number of aryl methyl sites for hydroxylation is 1. The van der Waals surface area contributed by atoms with Crippen molar-refractivity contribution in [2.24, 2.45) is 0 Å². The van der Waals surface area contributed by atoms with Gasteiger partial charge in [0.2, 0.25) is 6.29 Å². The van der Waals surface area contributed by atoms with E-state index in [4.69, 9.17) is 19.7 Å². The Hall–Kier alpha value is -1.22. The van der Waals surface area contributed by atoms with Crippen LogP contribution in [0.2, 0.25) is 0 Å². The first-order valence-corrected chi connectivity index (χ1v) is 7.15. The standard InChI is InChI=1S/C15H22O7/c1-8-4-9(2-3-16)6-10(5-8)21-15-14(20)13(19)12(18)11(7-17)22-15/h4-6,11-20H,2-3,7H2,1H3/t11-,12-,13+,14-,15-/m1/s1. The molecule has 22 heavy (non-hydrogen) atoms. The quantitative estimate of drug-likeness (QED) is 0.458. The molecular formula is C15H22O7. The molecular weight excluding hydrogens is 292 g/mol. The van der Waals surface area contributed by atoms with E-state index >= 15 is 0 Å². The van der Waals surface area contributed by atoms with Gasteiger partial charge in [-0.3, -0.25) is 0 Å². The van der Waals surface area contributed by atoms with Crippen LogP contribution in [0.5, 0.6) is 5.75 Å². The molecule has 0 spiro atoms. The van der Waals surface area contributed by atoms with Crippen LogP contribution in [0.1, 0.15) is 11.1 Å². The van der Waals surface area contributed by atoms with Crippen LogP contribution in [0.3, 0.4) is 0 Å². The molecule has 1 aromatic rings. The number of aliphatic hydroxyl groups excluding tert-OH is 5. The molecule has 2 rings (SSSR count). The highest BCUT2D eigenvalue weighted by Crippen LogP contribution is 2.25. The fourth-order valence-corrected chi connectivity index (χ4v) is 2.46. The van der Waals surface area contributed by atoms with Crippen LogP contribution in [0.15, 0.2) is 18.2 Å². The van der Waals surface area contributed by atoms with Crippen LogP contribution in [0.4, 0.5) is 0 Å². The third-order valence-electron chi connectivity index (χ3n) is 3.61. The topological polar surface area (TPSA) is 120 Å². The molecule has 1 heterocycles. The van der Waals surface area contributed by atoms with E-state index in [9.17, 15) is 15.3 Å². The van der Waals surface area contributed by atoms with Gasteiger partial charge in [0.25, 0.3) is 0 Å². The molecule has 124 valence electrons. The Morgan fingerprint density at radius 3 is 2.41 bits per heavy atom. The van der Waals surface area contributed by atoms with E-state index < -0.39 is 37.3 Å². The predicted octanol–water partition coefficient (Wildman–Crippen LogP) is -1.29. The summed E-state index contributed by atoms with van der Waals surface area (Å²) in [6.07, 6.45) is -6.09. The SMILES string of the molecule is Cc1cc(CCO)cc(O[C@@H]2O[C@H](CO)[C@@H](O)[C@H](O)[C@H]2O)c1. The van der Waals surface area contributed by atoms with E-state index in [0.29, 0.717) is 12.2 Å². The van der Waals surface area contributed by atoms with Gasteiger partial charge in [-0.2, -0.15) is 0 Å². The van der Waals surface area contributed by atoms with E-state index in [1.54, 1.807) is 12.1 Å². The second-order valence-corrected chi connectivity index (χ2v) is 5.44. The number of rotatable bonds is 5. The molecule has 7 heteroatoms. The average molecular weight is 314 g/mol. The summed E-state index contributed by atoms with van der Waals surface area (Å²) < 4.78 is 10.8. The van der Waals surface area contributed by atoms with Gasteiger partial charge < -0.3 is 35.0 Å². The molecule has 1 aromatic carbocycles. The summed E-state index contributed by atoms with van der Waals surface area (Å²) in [5.74, 6) is 0.410. The highest BCUT2D eigenvalue weighted by atomic mass is 16.7. The Morgan fingerprint density at radius 1 is 1.05 bits per heavy atom. The molecule has 0 amide bonds. The molecule has 0 saturated carbocycles. The van der Waals surface area contributed by atoms with Crippen LogP contribution in [-0.2, 0) is 11.2 Å². The maximum atomic E-state index is 9.94. The summed E-state index contributed by atoms with van der Waals surface area (Å²) >= 11 is 0. The zero-order chi connectivity index (χ0) is 16.3. The lowest BCUT2D eigenvalue weighted by Crippen LogP contribution is -2.60. The fraction of sp³-hybridized carbons (Fsp3) is 0.600. The van der Waals surface area contributed by atoms with Gasteiger partial charge in [-0.1, -0.05) is 6.07 Å². The van der Waals surface area contributed by atoms with Gasteiger partial charge in [-0.05, 0) is 36.6 Å². The molecule has 0 aromatic heterocycles. The summed E-state index contributed by atoms with van der Waals surface area (Å²) in [5.41, 5.74) is 1.77. The zero-order valence-electron chi connectivity index (χ0n) is 12.3. The van der Waals surface area contributed by atoms with E-state index in [2.05, 4.69) is 0 Å². The molecule has 5 atom stereocenters. The lowest BCUT2D eigenvalue weighted by molar-refractivity contribution is -0.277. The van der Waals surface area contributed by atoms with E-state index in [1.165, 1.54) is 0 Å². The second kappa shape index (κ2) is 7.36. The van der Waals surface area contributed by atoms with Crippen molar-refractivity contribution in [3.63, 3.8) is 0 Å². The first-order chi connectivity index (χ1) is 10.5. The molecule has 1 aliphatic rings. The van der Waals surface area contributed by atoms with Crippen LogP contribution in [0.25, 0.3) is 0 Å². The van der Waals surface area contributed by atoms with Crippen molar-refractivity contribution in [3.05, 3.63) is 29.3 Å². The third-order valence-corrected chi connectivity index (χ3v) is 3.61. The van der Waals surface area contributed by atoms with Crippen molar-refractivity contribution in [2.45, 2.75) is 44.1 Å². The summed E-state index contributed by atoms with van der Waals surface area (Å²) in [5, 5.41) is 47.5. The number of aliphatic hydroxyl groups is 5. The van der Waals surface area contributed by atoms with Crippen molar-refractivity contribution in [1.82, 2.24) is 0 Å². The Labute approximate surface area is 128 Å². The Bertz CT molecular complexity index is 491. The maximum absolute atomic E-state index is 9.94. The molecule has 0 unspecified atom stereocenters. The first kappa shape index (κ1) is 17.1. The molecule has 5 N–H and O–H groups in total. The van der Waals surface area contributed by atoms with Gasteiger partial charge >= 0.3 is 0 Å². The monoisotopic (exact) mass is 314 g/mol. The average Bonchev–Trinajstić information content (AvgIpc) is 2.47. The molecule has 1 fully saturated rings. The van der Waals surface area contributed by atoms with Crippen LogP contribution < -0.4 is 4.74 Å². The second-order valence-electron chi connectivity index (χ2n) is 5.44. The number of ether oxygens (including phenoxy) is 2.